The van der Waals surface area contributed by atoms with E-state index in [1.165, 1.54) is 23.6 Å². The summed E-state index contributed by atoms with van der Waals surface area (Å²) in [5.41, 5.74) is 0. The molecule has 2 N–H and O–H groups in total. The molecule has 1 heterocycles. The summed E-state index contributed by atoms with van der Waals surface area (Å²) in [6, 6.07) is 11.2. The van der Waals surface area contributed by atoms with Crippen molar-refractivity contribution < 1.29 is 0 Å². The molecule has 0 saturated heterocycles. The molecule has 2 aromatic rings. The van der Waals surface area contributed by atoms with Crippen molar-refractivity contribution in [2.75, 3.05) is 18.4 Å². The van der Waals surface area contributed by atoms with Gasteiger partial charge in [-0.05, 0) is 24.3 Å². The van der Waals surface area contributed by atoms with Gasteiger partial charge in [0.2, 0.25) is 0 Å². The topological polar surface area (TPSA) is 37.0 Å². The van der Waals surface area contributed by atoms with E-state index >= 15 is 0 Å². The molecule has 88 valence electrons. The van der Waals surface area contributed by atoms with Gasteiger partial charge >= 0.3 is 0 Å². The van der Waals surface area contributed by atoms with E-state index in [2.05, 4.69) is 39.9 Å². The Bertz CT molecular complexity index is 500. The molecule has 0 amide bonds. The van der Waals surface area contributed by atoms with Crippen molar-refractivity contribution in [1.29, 1.82) is 0 Å². The fourth-order valence-electron chi connectivity index (χ4n) is 2.01. The summed E-state index contributed by atoms with van der Waals surface area (Å²) in [6.07, 6.45) is 4.54. The number of hydrogen-bond acceptors (Lipinski definition) is 3. The zero-order valence-corrected chi connectivity index (χ0v) is 9.82. The van der Waals surface area contributed by atoms with Crippen molar-refractivity contribution in [2.45, 2.75) is 18.9 Å². The Labute approximate surface area is 101 Å². The number of nitrogens with one attached hydrogen (secondary N) is 2. The highest BCUT2D eigenvalue weighted by Gasteiger charge is 2.19. The first-order valence-electron chi connectivity index (χ1n) is 6.24. The van der Waals surface area contributed by atoms with Crippen LogP contribution in [0.4, 0.5) is 5.82 Å². The van der Waals surface area contributed by atoms with Crippen LogP contribution in [0.2, 0.25) is 0 Å². The van der Waals surface area contributed by atoms with Gasteiger partial charge in [-0.3, -0.25) is 0 Å². The molecule has 3 rings (SSSR count). The van der Waals surface area contributed by atoms with E-state index in [1.54, 1.807) is 0 Å². The van der Waals surface area contributed by atoms with Crippen molar-refractivity contribution in [3.63, 3.8) is 0 Å². The Balaban J connectivity index is 1.66. The molecule has 1 aliphatic carbocycles. The summed E-state index contributed by atoms with van der Waals surface area (Å²) in [7, 11) is 0. The third-order valence-electron chi connectivity index (χ3n) is 3.10. The molecule has 1 saturated carbocycles. The summed E-state index contributed by atoms with van der Waals surface area (Å²) < 4.78 is 0. The van der Waals surface area contributed by atoms with Gasteiger partial charge in [-0.15, -0.1) is 0 Å². The van der Waals surface area contributed by atoms with Crippen LogP contribution in [0.25, 0.3) is 10.8 Å². The van der Waals surface area contributed by atoms with Gasteiger partial charge in [0.05, 0.1) is 0 Å². The first-order valence-corrected chi connectivity index (χ1v) is 6.24. The number of anilines is 1. The second kappa shape index (κ2) is 4.72. The highest BCUT2D eigenvalue weighted by atomic mass is 15.0. The maximum absolute atomic E-state index is 4.40. The van der Waals surface area contributed by atoms with Crippen molar-refractivity contribution in [3.8, 4) is 0 Å². The van der Waals surface area contributed by atoms with E-state index in [0.717, 1.165) is 24.9 Å². The summed E-state index contributed by atoms with van der Waals surface area (Å²) in [4.78, 5) is 4.40. The maximum atomic E-state index is 4.40. The first kappa shape index (κ1) is 10.5. The van der Waals surface area contributed by atoms with Gasteiger partial charge in [0.25, 0.3) is 0 Å². The van der Waals surface area contributed by atoms with Gasteiger partial charge in [-0.1, -0.05) is 24.3 Å². The molecule has 0 bridgehead atoms. The third kappa shape index (κ3) is 2.56. The predicted octanol–water partition coefficient (Wildman–Crippen LogP) is 2.40. The quantitative estimate of drug-likeness (QED) is 0.770. The molecular weight excluding hydrogens is 210 g/mol. The Morgan fingerprint density at radius 1 is 1.12 bits per heavy atom. The highest BCUT2D eigenvalue weighted by molar-refractivity contribution is 5.91. The van der Waals surface area contributed by atoms with Gasteiger partial charge in [-0.25, -0.2) is 4.98 Å². The van der Waals surface area contributed by atoms with E-state index in [0.29, 0.717) is 0 Å². The van der Waals surface area contributed by atoms with E-state index in [-0.39, 0.29) is 0 Å². The van der Waals surface area contributed by atoms with Gasteiger partial charge in [0.15, 0.2) is 0 Å². The van der Waals surface area contributed by atoms with Gasteiger partial charge < -0.3 is 10.6 Å². The smallest absolute Gasteiger partial charge is 0.133 e. The number of pyridine rings is 1. The second-order valence-corrected chi connectivity index (χ2v) is 4.54. The molecule has 1 aromatic heterocycles. The minimum atomic E-state index is 0.775. The number of aromatic nitrogens is 1. The van der Waals surface area contributed by atoms with Gasteiger partial charge in [0, 0.05) is 30.7 Å². The number of benzene rings is 1. The molecule has 1 fully saturated rings. The lowest BCUT2D eigenvalue weighted by atomic mass is 10.1. The SMILES string of the molecule is c1ccc2c(NCCNC3CC3)nccc2c1. The average Bonchev–Trinajstić information content (AvgIpc) is 3.19. The molecule has 0 unspecified atom stereocenters. The van der Waals surface area contributed by atoms with Crippen molar-refractivity contribution >= 4 is 16.6 Å². The molecular formula is C14H17N3. The minimum Gasteiger partial charge on any atom is -0.368 e. The number of fused-ring (bicyclic) bond motifs is 1. The molecule has 0 spiro atoms. The van der Waals surface area contributed by atoms with Crippen molar-refractivity contribution in [3.05, 3.63) is 36.5 Å². The van der Waals surface area contributed by atoms with E-state index in [9.17, 15) is 0 Å². The van der Waals surface area contributed by atoms with Crippen LogP contribution in [0.3, 0.4) is 0 Å². The lowest BCUT2D eigenvalue weighted by molar-refractivity contribution is 0.701. The Morgan fingerprint density at radius 3 is 2.88 bits per heavy atom. The Kier molecular flexibility index (Phi) is 2.92. The lowest BCUT2D eigenvalue weighted by Gasteiger charge is -2.08. The molecule has 0 radical (unpaired) electrons. The summed E-state index contributed by atoms with van der Waals surface area (Å²) in [6.45, 7) is 1.94. The van der Waals surface area contributed by atoms with Crippen LogP contribution in [-0.2, 0) is 0 Å². The highest BCUT2D eigenvalue weighted by Crippen LogP contribution is 2.20. The summed E-state index contributed by atoms with van der Waals surface area (Å²) >= 11 is 0. The first-order chi connectivity index (χ1) is 8.43. The van der Waals surface area contributed by atoms with E-state index in [4.69, 9.17) is 0 Å². The lowest BCUT2D eigenvalue weighted by Crippen LogP contribution is -2.24. The fraction of sp³-hybridized carbons (Fsp3) is 0.357. The molecule has 17 heavy (non-hydrogen) atoms. The molecule has 0 aliphatic heterocycles. The summed E-state index contributed by atoms with van der Waals surface area (Å²) in [5.74, 6) is 0.987. The van der Waals surface area contributed by atoms with Crippen LogP contribution in [0.15, 0.2) is 36.5 Å². The number of rotatable bonds is 5. The van der Waals surface area contributed by atoms with Crippen LogP contribution in [-0.4, -0.2) is 24.1 Å². The van der Waals surface area contributed by atoms with Crippen molar-refractivity contribution in [1.82, 2.24) is 10.3 Å². The van der Waals surface area contributed by atoms with Gasteiger partial charge in [0.1, 0.15) is 5.82 Å². The fourth-order valence-corrected chi connectivity index (χ4v) is 2.01. The van der Waals surface area contributed by atoms with Crippen LogP contribution in [0, 0.1) is 0 Å². The molecule has 1 aromatic carbocycles. The third-order valence-corrected chi connectivity index (χ3v) is 3.10. The van der Waals surface area contributed by atoms with Crippen LogP contribution >= 0.6 is 0 Å². The van der Waals surface area contributed by atoms with Crippen LogP contribution in [0.5, 0.6) is 0 Å². The monoisotopic (exact) mass is 227 g/mol. The Morgan fingerprint density at radius 2 is 2.00 bits per heavy atom. The van der Waals surface area contributed by atoms with Crippen LogP contribution < -0.4 is 10.6 Å². The zero-order chi connectivity index (χ0) is 11.5. The molecule has 3 nitrogen and oxygen atoms in total. The minimum absolute atomic E-state index is 0.775. The normalized spacial score (nSPS) is 15.1. The zero-order valence-electron chi connectivity index (χ0n) is 9.82. The van der Waals surface area contributed by atoms with E-state index < -0.39 is 0 Å². The van der Waals surface area contributed by atoms with Gasteiger partial charge in [-0.2, -0.15) is 0 Å². The predicted molar refractivity (Wildman–Crippen MR) is 71.3 cm³/mol. The van der Waals surface area contributed by atoms with E-state index in [1.807, 2.05) is 12.3 Å². The number of hydrogen-bond donors (Lipinski definition) is 2. The molecule has 3 heteroatoms. The molecule has 1 aliphatic rings. The Hall–Kier alpha value is -1.61. The average molecular weight is 227 g/mol. The van der Waals surface area contributed by atoms with Crippen LogP contribution in [0.1, 0.15) is 12.8 Å². The van der Waals surface area contributed by atoms with Crippen molar-refractivity contribution in [2.24, 2.45) is 0 Å². The summed E-state index contributed by atoms with van der Waals surface area (Å²) in [5, 5.41) is 9.31. The standard InChI is InChI=1S/C14H17N3/c1-2-4-13-11(3-1)7-8-16-14(13)17-10-9-15-12-5-6-12/h1-4,7-8,12,15H,5-6,9-10H2,(H,16,17). The largest absolute Gasteiger partial charge is 0.368 e. The molecule has 0 atom stereocenters. The maximum Gasteiger partial charge on any atom is 0.133 e. The number of nitrogens with zero attached hydrogens (tertiary/aromatic N) is 1. The second-order valence-electron chi connectivity index (χ2n) is 4.54.